The highest BCUT2D eigenvalue weighted by molar-refractivity contribution is 5.98. The SMILES string of the molecule is C[C@H]1/C=C\[C@@H](CF)Nn2cc(C(=O)NCc3c(F)cc(F)cc3F)c(=O)c(O)c2C(=O)N1C. The fourth-order valence-electron chi connectivity index (χ4n) is 3.16. The van der Waals surface area contributed by atoms with Crippen molar-refractivity contribution in [2.75, 3.05) is 19.1 Å². The molecule has 1 aromatic heterocycles. The van der Waals surface area contributed by atoms with Gasteiger partial charge < -0.3 is 20.7 Å². The van der Waals surface area contributed by atoms with Gasteiger partial charge in [0.15, 0.2) is 11.4 Å². The summed E-state index contributed by atoms with van der Waals surface area (Å²) in [6.07, 6.45) is 3.87. The van der Waals surface area contributed by atoms with Crippen molar-refractivity contribution >= 4 is 11.8 Å². The quantitative estimate of drug-likeness (QED) is 0.469. The number of amides is 2. The zero-order valence-corrected chi connectivity index (χ0v) is 17.5. The summed E-state index contributed by atoms with van der Waals surface area (Å²) in [6.45, 7) is -0.0106. The van der Waals surface area contributed by atoms with Gasteiger partial charge in [-0.05, 0) is 6.92 Å². The maximum absolute atomic E-state index is 13.8. The molecule has 2 heterocycles. The van der Waals surface area contributed by atoms with Crippen molar-refractivity contribution in [1.82, 2.24) is 14.9 Å². The normalized spacial score (nSPS) is 19.1. The summed E-state index contributed by atoms with van der Waals surface area (Å²) in [5, 5.41) is 12.5. The van der Waals surface area contributed by atoms with Crippen molar-refractivity contribution in [3.63, 3.8) is 0 Å². The fourth-order valence-corrected chi connectivity index (χ4v) is 3.16. The molecule has 3 rings (SSSR count). The molecule has 0 saturated heterocycles. The lowest BCUT2D eigenvalue weighted by Gasteiger charge is -2.24. The van der Waals surface area contributed by atoms with Crippen LogP contribution in [0, 0.1) is 17.5 Å². The number of hydrogen-bond donors (Lipinski definition) is 3. The van der Waals surface area contributed by atoms with Gasteiger partial charge in [-0.1, -0.05) is 12.2 Å². The molecule has 2 amide bonds. The topological polar surface area (TPSA) is 104 Å². The van der Waals surface area contributed by atoms with E-state index in [0.717, 1.165) is 10.9 Å². The highest BCUT2D eigenvalue weighted by Gasteiger charge is 2.29. The van der Waals surface area contributed by atoms with E-state index in [1.54, 1.807) is 13.0 Å². The van der Waals surface area contributed by atoms with Crippen molar-refractivity contribution in [2.45, 2.75) is 25.6 Å². The van der Waals surface area contributed by atoms with Gasteiger partial charge in [0.25, 0.3) is 11.8 Å². The lowest BCUT2D eigenvalue weighted by atomic mass is 10.1. The Morgan fingerprint density at radius 1 is 1.18 bits per heavy atom. The Balaban J connectivity index is 2.01. The number of likely N-dealkylation sites (N-methyl/N-ethyl adjacent to an activating group) is 1. The Kier molecular flexibility index (Phi) is 6.75. The van der Waals surface area contributed by atoms with Gasteiger partial charge in [0, 0.05) is 43.5 Å². The number of carbonyl (C=O) groups excluding carboxylic acids is 2. The first-order valence-electron chi connectivity index (χ1n) is 9.73. The molecule has 0 saturated carbocycles. The van der Waals surface area contributed by atoms with Crippen molar-refractivity contribution in [3.8, 4) is 5.75 Å². The van der Waals surface area contributed by atoms with Crippen LogP contribution in [0.2, 0.25) is 0 Å². The minimum Gasteiger partial charge on any atom is -0.502 e. The molecular formula is C21H20F4N4O4. The van der Waals surface area contributed by atoms with E-state index >= 15 is 0 Å². The molecule has 1 aromatic carbocycles. The van der Waals surface area contributed by atoms with Gasteiger partial charge in [0.2, 0.25) is 5.43 Å². The van der Waals surface area contributed by atoms with E-state index in [4.69, 9.17) is 0 Å². The molecule has 176 valence electrons. The average Bonchev–Trinajstić information content (AvgIpc) is 2.80. The lowest BCUT2D eigenvalue weighted by Crippen LogP contribution is -2.39. The first kappa shape index (κ1) is 23.8. The summed E-state index contributed by atoms with van der Waals surface area (Å²) in [6, 6.07) is -0.613. The minimum atomic E-state index is -1.25. The van der Waals surface area contributed by atoms with Crippen LogP contribution < -0.4 is 16.2 Å². The third kappa shape index (κ3) is 4.69. The second-order valence-electron chi connectivity index (χ2n) is 7.40. The third-order valence-corrected chi connectivity index (χ3v) is 5.19. The number of nitrogens with one attached hydrogen (secondary N) is 2. The number of rotatable bonds is 4. The Bertz CT molecular complexity index is 1170. The smallest absolute Gasteiger partial charge is 0.276 e. The molecule has 0 unspecified atom stereocenters. The maximum Gasteiger partial charge on any atom is 0.276 e. The van der Waals surface area contributed by atoms with Crippen LogP contribution in [0.3, 0.4) is 0 Å². The number of fused-ring (bicyclic) bond motifs is 1. The van der Waals surface area contributed by atoms with Crippen LogP contribution in [0.5, 0.6) is 5.75 Å². The molecule has 2 aromatic rings. The number of halogens is 4. The van der Waals surface area contributed by atoms with Gasteiger partial charge in [-0.2, -0.15) is 0 Å². The Labute approximate surface area is 185 Å². The molecule has 33 heavy (non-hydrogen) atoms. The molecule has 1 aliphatic rings. The number of pyridine rings is 1. The van der Waals surface area contributed by atoms with Crippen molar-refractivity contribution in [1.29, 1.82) is 0 Å². The van der Waals surface area contributed by atoms with Crippen LogP contribution in [0.25, 0.3) is 0 Å². The van der Waals surface area contributed by atoms with Crippen LogP contribution in [-0.4, -0.2) is 52.3 Å². The number of benzene rings is 1. The maximum atomic E-state index is 13.8. The first-order valence-corrected chi connectivity index (χ1v) is 9.73. The summed E-state index contributed by atoms with van der Waals surface area (Å²) in [4.78, 5) is 39.2. The van der Waals surface area contributed by atoms with Gasteiger partial charge in [0.05, 0.1) is 6.04 Å². The molecule has 12 heteroatoms. The molecule has 0 fully saturated rings. The molecule has 0 radical (unpaired) electrons. The molecular weight excluding hydrogens is 448 g/mol. The number of carbonyl (C=O) groups is 2. The monoisotopic (exact) mass is 468 g/mol. The summed E-state index contributed by atoms with van der Waals surface area (Å²) in [5.41, 5.74) is -0.492. The molecule has 0 spiro atoms. The van der Waals surface area contributed by atoms with E-state index in [0.29, 0.717) is 12.1 Å². The third-order valence-electron chi connectivity index (χ3n) is 5.19. The zero-order chi connectivity index (χ0) is 24.4. The predicted molar refractivity (Wildman–Crippen MR) is 110 cm³/mol. The van der Waals surface area contributed by atoms with Crippen LogP contribution in [-0.2, 0) is 6.54 Å². The van der Waals surface area contributed by atoms with E-state index in [1.165, 1.54) is 18.0 Å². The zero-order valence-electron chi connectivity index (χ0n) is 17.5. The summed E-state index contributed by atoms with van der Waals surface area (Å²) >= 11 is 0. The fraction of sp³-hybridized carbons (Fsp3) is 0.286. The molecule has 2 atom stereocenters. The lowest BCUT2D eigenvalue weighted by molar-refractivity contribution is 0.0755. The standard InChI is InChI=1S/C21H20F4N4O4/c1-10-3-4-12(7-22)27-29-9-14(18(30)19(31)17(29)21(33)28(10)2)20(32)26-8-13-15(24)5-11(23)6-16(13)25/h3-6,9-10,12,27,31H,7-8H2,1-2H3,(H,26,32)/b4-3-/t10-,12-/m0/s1. The number of aromatic hydroxyl groups is 1. The molecule has 8 nitrogen and oxygen atoms in total. The van der Waals surface area contributed by atoms with Crippen LogP contribution in [0.1, 0.15) is 33.3 Å². The Hall–Kier alpha value is -3.83. The van der Waals surface area contributed by atoms with E-state index in [2.05, 4.69) is 10.7 Å². The highest BCUT2D eigenvalue weighted by atomic mass is 19.1. The number of alkyl halides is 1. The van der Waals surface area contributed by atoms with E-state index < -0.39 is 82.6 Å². The number of hydrogen-bond acceptors (Lipinski definition) is 5. The highest BCUT2D eigenvalue weighted by Crippen LogP contribution is 2.19. The number of aromatic nitrogens is 1. The largest absolute Gasteiger partial charge is 0.502 e. The van der Waals surface area contributed by atoms with Crippen molar-refractivity contribution in [3.05, 3.63) is 75.0 Å². The van der Waals surface area contributed by atoms with Crippen molar-refractivity contribution in [2.24, 2.45) is 0 Å². The Morgan fingerprint density at radius 2 is 1.82 bits per heavy atom. The minimum absolute atomic E-state index is 0.428. The average molecular weight is 468 g/mol. The van der Waals surface area contributed by atoms with Gasteiger partial charge in [-0.15, -0.1) is 0 Å². The summed E-state index contributed by atoms with van der Waals surface area (Å²) in [5.74, 6) is -6.63. The van der Waals surface area contributed by atoms with E-state index in [-0.39, 0.29) is 0 Å². The predicted octanol–water partition coefficient (Wildman–Crippen LogP) is 1.81. The van der Waals surface area contributed by atoms with Gasteiger partial charge in [0.1, 0.15) is 29.7 Å². The van der Waals surface area contributed by atoms with E-state index in [9.17, 15) is 37.1 Å². The summed E-state index contributed by atoms with van der Waals surface area (Å²) < 4.78 is 55.0. The van der Waals surface area contributed by atoms with Gasteiger partial charge in [-0.25, -0.2) is 17.6 Å². The second kappa shape index (κ2) is 9.35. The number of nitrogens with zero attached hydrogens (tertiary/aromatic N) is 2. The van der Waals surface area contributed by atoms with Crippen molar-refractivity contribution < 1.29 is 32.3 Å². The Morgan fingerprint density at radius 3 is 2.42 bits per heavy atom. The van der Waals surface area contributed by atoms with Gasteiger partial charge >= 0.3 is 0 Å². The van der Waals surface area contributed by atoms with Gasteiger partial charge in [-0.3, -0.25) is 19.1 Å². The first-order chi connectivity index (χ1) is 15.5. The second-order valence-corrected chi connectivity index (χ2v) is 7.40. The molecule has 0 bridgehead atoms. The molecule has 3 N–H and O–H groups in total. The van der Waals surface area contributed by atoms with Crippen LogP contribution in [0.4, 0.5) is 17.6 Å². The molecule has 1 aliphatic heterocycles. The van der Waals surface area contributed by atoms with Crippen LogP contribution >= 0.6 is 0 Å². The summed E-state index contributed by atoms with van der Waals surface area (Å²) in [7, 11) is 1.41. The van der Waals surface area contributed by atoms with Crippen LogP contribution in [0.15, 0.2) is 35.3 Å². The molecule has 0 aliphatic carbocycles. The van der Waals surface area contributed by atoms with E-state index in [1.807, 2.05) is 0 Å².